The highest BCUT2D eigenvalue weighted by molar-refractivity contribution is 7.85. The van der Waals surface area contributed by atoms with Crippen molar-refractivity contribution in [3.63, 3.8) is 0 Å². The molecule has 0 fully saturated rings. The first-order valence-electron chi connectivity index (χ1n) is 16.0. The van der Waals surface area contributed by atoms with Gasteiger partial charge in [0.15, 0.2) is 11.5 Å². The molecule has 2 aromatic rings. The zero-order valence-electron chi connectivity index (χ0n) is 28.9. The molecule has 278 valence electrons. The standard InChI is InChI=1S/C34H42N2O9S2.O3S/c1-6-11-28(37)24-12-7-13-27-31(24)34(4,5)30(36(27)19-10-21-47(43,44)45)15-8-14-29-33(2,3)25-22-23(32(38)39)16-17-26(25)35(29)18-9-20-46(40,41)42;1-4(2)3/h7-8,12-17,22H,6,9-11,18-21H2,1-5H3,(H2-,38,39,40,41,42,43,44,45);. The average molecular weight is 767 g/mol. The lowest BCUT2D eigenvalue weighted by atomic mass is 9.77. The number of carbonyl (C=O) groups excluding carboxylic acids is 1. The van der Waals surface area contributed by atoms with E-state index in [-0.39, 0.29) is 37.3 Å². The summed E-state index contributed by atoms with van der Waals surface area (Å²) in [7, 11) is -11.7. The Bertz CT molecular complexity index is 2130. The predicted molar refractivity (Wildman–Crippen MR) is 189 cm³/mol. The van der Waals surface area contributed by atoms with Gasteiger partial charge < -0.3 is 14.6 Å². The van der Waals surface area contributed by atoms with Crippen LogP contribution < -0.4 is 4.90 Å². The largest absolute Gasteiger partial charge is 0.748 e. The van der Waals surface area contributed by atoms with Crippen LogP contribution >= 0.6 is 0 Å². The Labute approximate surface area is 299 Å². The van der Waals surface area contributed by atoms with E-state index >= 15 is 0 Å². The first-order chi connectivity index (χ1) is 23.5. The molecule has 2 aromatic carbocycles. The van der Waals surface area contributed by atoms with E-state index in [4.69, 9.17) is 12.6 Å². The number of benzene rings is 2. The van der Waals surface area contributed by atoms with Gasteiger partial charge in [-0.15, -0.1) is 12.6 Å². The molecule has 14 nitrogen and oxygen atoms in total. The van der Waals surface area contributed by atoms with Crippen LogP contribution in [-0.2, 0) is 41.7 Å². The highest BCUT2D eigenvalue weighted by Gasteiger charge is 2.47. The monoisotopic (exact) mass is 766 g/mol. The number of nitrogens with zero attached hydrogens (tertiary/aromatic N) is 2. The summed E-state index contributed by atoms with van der Waals surface area (Å²) in [6.45, 7) is 10.3. The van der Waals surface area contributed by atoms with Gasteiger partial charge in [0, 0.05) is 59.6 Å². The van der Waals surface area contributed by atoms with Crippen molar-refractivity contribution >= 4 is 59.7 Å². The molecule has 2 aliphatic heterocycles. The summed E-state index contributed by atoms with van der Waals surface area (Å²) in [6.07, 6.45) is 6.89. The Morgan fingerprint density at radius 3 is 2.20 bits per heavy atom. The number of rotatable bonds is 14. The van der Waals surface area contributed by atoms with Gasteiger partial charge in [-0.25, -0.2) is 13.2 Å². The zero-order valence-corrected chi connectivity index (χ0v) is 31.4. The number of hydrogen-bond donors (Lipinski definition) is 2. The van der Waals surface area contributed by atoms with Crippen molar-refractivity contribution in [3.05, 3.63) is 82.6 Å². The Hall–Kier alpha value is -4.03. The Kier molecular flexibility index (Phi) is 13.1. The molecule has 17 heteroatoms. The molecular weight excluding hydrogens is 725 g/mol. The topological polar surface area (TPSA) is 223 Å². The normalized spacial score (nSPS) is 16.9. The van der Waals surface area contributed by atoms with Crippen LogP contribution in [0.3, 0.4) is 0 Å². The minimum Gasteiger partial charge on any atom is -0.748 e. The van der Waals surface area contributed by atoms with E-state index in [9.17, 15) is 40.6 Å². The SMILES string of the molecule is CCCC(=O)c1cccc2c1C(C)(C)C(/C=C/C=C1/N(CCCS(=O)(=O)O)c3ccc(C(=O)O)cc3C1(C)C)=[N+]2CCCS(=O)(=O)[O-].O=S(=O)=O. The van der Waals surface area contributed by atoms with E-state index in [0.717, 1.165) is 33.9 Å². The number of Topliss-reactive ketones (excluding diaryl/α,β-unsaturated/α-hetero) is 1. The summed E-state index contributed by atoms with van der Waals surface area (Å²) in [5.74, 6) is -2.02. The second kappa shape index (κ2) is 16.1. The van der Waals surface area contributed by atoms with Crippen molar-refractivity contribution in [2.75, 3.05) is 29.5 Å². The summed E-state index contributed by atoms with van der Waals surface area (Å²) in [5.41, 5.74) is 4.04. The van der Waals surface area contributed by atoms with Crippen LogP contribution in [-0.4, -0.2) is 90.3 Å². The quantitative estimate of drug-likeness (QED) is 0.157. The molecular formula is C34H42N2O12S3. The van der Waals surface area contributed by atoms with E-state index in [1.807, 2.05) is 74.5 Å². The molecule has 0 atom stereocenters. The van der Waals surface area contributed by atoms with Crippen LogP contribution in [0.5, 0.6) is 0 Å². The van der Waals surface area contributed by atoms with Crippen LogP contribution in [0.2, 0.25) is 0 Å². The smallest absolute Gasteiger partial charge is 0.425 e. The van der Waals surface area contributed by atoms with Gasteiger partial charge in [-0.2, -0.15) is 13.0 Å². The van der Waals surface area contributed by atoms with Crippen molar-refractivity contribution < 1.29 is 57.8 Å². The number of aromatic carboxylic acids is 1. The Morgan fingerprint density at radius 2 is 1.63 bits per heavy atom. The fourth-order valence-electron chi connectivity index (χ4n) is 6.73. The number of carboxylic acids is 1. The maximum Gasteiger partial charge on any atom is 0.425 e. The summed E-state index contributed by atoms with van der Waals surface area (Å²) in [4.78, 5) is 26.9. The van der Waals surface area contributed by atoms with Crippen LogP contribution in [0, 0.1) is 0 Å². The molecule has 0 aliphatic carbocycles. The maximum absolute atomic E-state index is 13.2. The molecule has 0 radical (unpaired) electrons. The van der Waals surface area contributed by atoms with Crippen molar-refractivity contribution in [1.29, 1.82) is 0 Å². The van der Waals surface area contributed by atoms with Gasteiger partial charge in [0.05, 0.1) is 32.4 Å². The second-order valence-electron chi connectivity index (χ2n) is 13.2. The first kappa shape index (κ1) is 41.4. The second-order valence-corrected chi connectivity index (χ2v) is 16.7. The molecule has 0 bridgehead atoms. The molecule has 0 unspecified atom stereocenters. The van der Waals surface area contributed by atoms with Crippen LogP contribution in [0.15, 0.2) is 60.3 Å². The molecule has 51 heavy (non-hydrogen) atoms. The van der Waals surface area contributed by atoms with Gasteiger partial charge >= 0.3 is 16.6 Å². The maximum atomic E-state index is 13.2. The van der Waals surface area contributed by atoms with Crippen molar-refractivity contribution in [3.8, 4) is 0 Å². The van der Waals surface area contributed by atoms with Gasteiger partial charge in [0.25, 0.3) is 10.1 Å². The molecule has 2 heterocycles. The molecule has 4 rings (SSSR count). The number of ketones is 1. The number of carboxylic acid groups (broad SMARTS) is 1. The minimum atomic E-state index is -4.43. The highest BCUT2D eigenvalue weighted by Crippen LogP contribution is 2.48. The van der Waals surface area contributed by atoms with Crippen LogP contribution in [0.25, 0.3) is 0 Å². The first-order valence-corrected chi connectivity index (χ1v) is 20.2. The molecule has 2 aliphatic rings. The highest BCUT2D eigenvalue weighted by atomic mass is 32.2. The van der Waals surface area contributed by atoms with Gasteiger partial charge in [-0.1, -0.05) is 39.0 Å². The third-order valence-electron chi connectivity index (χ3n) is 8.87. The lowest BCUT2D eigenvalue weighted by Gasteiger charge is -2.27. The molecule has 0 saturated heterocycles. The molecule has 2 N–H and O–H groups in total. The van der Waals surface area contributed by atoms with Gasteiger partial charge in [0.1, 0.15) is 6.54 Å². The van der Waals surface area contributed by atoms with Gasteiger partial charge in [0.2, 0.25) is 5.69 Å². The fraction of sp³-hybridized carbons (Fsp3) is 0.441. The zero-order chi connectivity index (χ0) is 38.5. The van der Waals surface area contributed by atoms with Gasteiger partial charge in [-0.05, 0) is 56.5 Å². The minimum absolute atomic E-state index is 0.0126. The van der Waals surface area contributed by atoms with Crippen molar-refractivity contribution in [2.45, 2.75) is 71.1 Å². The summed E-state index contributed by atoms with van der Waals surface area (Å²) in [5, 5.41) is 9.64. The molecule has 0 aromatic heterocycles. The van der Waals surface area contributed by atoms with E-state index in [0.29, 0.717) is 18.4 Å². The summed E-state index contributed by atoms with van der Waals surface area (Å²) >= 11 is 0. The number of carbonyl (C=O) groups is 2. The average Bonchev–Trinajstić information content (AvgIpc) is 3.34. The van der Waals surface area contributed by atoms with E-state index in [1.165, 1.54) is 6.07 Å². The lowest BCUT2D eigenvalue weighted by molar-refractivity contribution is -0.437. The van der Waals surface area contributed by atoms with Gasteiger partial charge in [-0.3, -0.25) is 9.35 Å². The van der Waals surface area contributed by atoms with Crippen LogP contribution in [0.4, 0.5) is 11.4 Å². The van der Waals surface area contributed by atoms with E-state index in [2.05, 4.69) is 0 Å². The number of hydrogen-bond acceptors (Lipinski definition) is 11. The number of allylic oxidation sites excluding steroid dienone is 4. The predicted octanol–water partition coefficient (Wildman–Crippen LogP) is 4.19. The third kappa shape index (κ3) is 10.1. The third-order valence-corrected chi connectivity index (χ3v) is 10.5. The Balaban J connectivity index is 0.00000166. The lowest BCUT2D eigenvalue weighted by Crippen LogP contribution is -2.30. The fourth-order valence-corrected chi connectivity index (χ4v) is 7.71. The summed E-state index contributed by atoms with van der Waals surface area (Å²) in [6, 6.07) is 10.3. The number of anilines is 1. The van der Waals surface area contributed by atoms with E-state index < -0.39 is 59.1 Å². The molecule has 0 saturated carbocycles. The van der Waals surface area contributed by atoms with E-state index in [1.54, 1.807) is 18.2 Å². The van der Waals surface area contributed by atoms with Crippen LogP contribution in [0.1, 0.15) is 92.1 Å². The van der Waals surface area contributed by atoms with Crippen molar-refractivity contribution in [1.82, 2.24) is 0 Å². The number of fused-ring (bicyclic) bond motifs is 2. The summed E-state index contributed by atoms with van der Waals surface area (Å²) < 4.78 is 93.9. The van der Waals surface area contributed by atoms with Crippen molar-refractivity contribution in [2.24, 2.45) is 0 Å². The molecule has 0 spiro atoms. The molecule has 0 amide bonds. The Morgan fingerprint density at radius 1 is 0.980 bits per heavy atom.